The van der Waals surface area contributed by atoms with Gasteiger partial charge in [-0.15, -0.1) is 0 Å². The molecule has 3 aromatic heterocycles. The van der Waals surface area contributed by atoms with Crippen LogP contribution in [0.4, 0.5) is 0 Å². The van der Waals surface area contributed by atoms with E-state index < -0.39 is 0 Å². The Morgan fingerprint density at radius 3 is 1.47 bits per heavy atom. The summed E-state index contributed by atoms with van der Waals surface area (Å²) in [5.74, 6) is 0.671. The third kappa shape index (κ3) is 5.92. The third-order valence-corrected chi connectivity index (χ3v) is 12.0. The molecular weight excluding hydrogens is 755 g/mol. The van der Waals surface area contributed by atoms with Crippen molar-refractivity contribution in [2.45, 2.75) is 0 Å². The second kappa shape index (κ2) is 14.7. The minimum atomic E-state index is 0.671. The first kappa shape index (κ1) is 35.6. The zero-order valence-electron chi connectivity index (χ0n) is 33.6. The molecule has 0 aliphatic heterocycles. The van der Waals surface area contributed by atoms with Crippen LogP contribution in [0.25, 0.3) is 117 Å². The van der Waals surface area contributed by atoms with Gasteiger partial charge in [0.15, 0.2) is 5.82 Å². The van der Waals surface area contributed by atoms with Gasteiger partial charge in [0.2, 0.25) is 0 Å². The van der Waals surface area contributed by atoms with Gasteiger partial charge in [0.1, 0.15) is 11.2 Å². The Labute approximate surface area is 358 Å². The van der Waals surface area contributed by atoms with E-state index in [2.05, 4.69) is 211 Å². The normalized spacial score (nSPS) is 11.5. The van der Waals surface area contributed by atoms with Gasteiger partial charge in [0.05, 0.1) is 22.4 Å². The maximum atomic E-state index is 7.17. The molecule has 0 saturated carbocycles. The van der Waals surface area contributed by atoms with E-state index in [1.165, 1.54) is 21.8 Å². The van der Waals surface area contributed by atoms with Crippen molar-refractivity contribution in [1.82, 2.24) is 14.5 Å². The first-order valence-corrected chi connectivity index (χ1v) is 21.0. The van der Waals surface area contributed by atoms with Crippen molar-refractivity contribution in [2.24, 2.45) is 0 Å². The van der Waals surface area contributed by atoms with Crippen LogP contribution < -0.4 is 0 Å². The highest BCUT2D eigenvalue weighted by atomic mass is 16.3. The topological polar surface area (TPSA) is 43.9 Å². The molecule has 0 aliphatic rings. The Balaban J connectivity index is 1.15. The average Bonchev–Trinajstić information content (AvgIpc) is 3.91. The molecule has 4 heteroatoms. The van der Waals surface area contributed by atoms with Crippen LogP contribution in [0.3, 0.4) is 0 Å². The van der Waals surface area contributed by atoms with E-state index in [0.29, 0.717) is 5.82 Å². The highest BCUT2D eigenvalue weighted by molar-refractivity contribution is 6.18. The molecule has 290 valence electrons. The first-order valence-electron chi connectivity index (χ1n) is 21.0. The summed E-state index contributed by atoms with van der Waals surface area (Å²) in [5.41, 5.74) is 16.0. The van der Waals surface area contributed by atoms with E-state index >= 15 is 0 Å². The van der Waals surface area contributed by atoms with E-state index in [-0.39, 0.29) is 0 Å². The number of fused-ring (bicyclic) bond motifs is 6. The summed E-state index contributed by atoms with van der Waals surface area (Å²) in [5, 5.41) is 4.52. The number of para-hydroxylation sites is 3. The lowest BCUT2D eigenvalue weighted by molar-refractivity contribution is 0.670. The summed E-state index contributed by atoms with van der Waals surface area (Å²) in [7, 11) is 0. The van der Waals surface area contributed by atoms with Crippen LogP contribution in [0, 0.1) is 0 Å². The molecule has 0 amide bonds. The van der Waals surface area contributed by atoms with Crippen molar-refractivity contribution >= 4 is 43.7 Å². The van der Waals surface area contributed by atoms with E-state index in [1.807, 2.05) is 18.2 Å². The van der Waals surface area contributed by atoms with Gasteiger partial charge in [-0.2, -0.15) is 0 Å². The zero-order chi connectivity index (χ0) is 41.0. The lowest BCUT2D eigenvalue weighted by atomic mass is 9.89. The molecule has 0 radical (unpaired) electrons. The third-order valence-electron chi connectivity index (χ3n) is 12.0. The number of furan rings is 1. The van der Waals surface area contributed by atoms with Gasteiger partial charge in [-0.25, -0.2) is 9.97 Å². The minimum absolute atomic E-state index is 0.671. The van der Waals surface area contributed by atoms with Crippen LogP contribution in [0.15, 0.2) is 229 Å². The van der Waals surface area contributed by atoms with Crippen molar-refractivity contribution in [3.63, 3.8) is 0 Å². The van der Waals surface area contributed by atoms with Gasteiger partial charge in [0.25, 0.3) is 0 Å². The molecule has 0 fully saturated rings. The largest absolute Gasteiger partial charge is 0.455 e. The van der Waals surface area contributed by atoms with Gasteiger partial charge < -0.3 is 8.98 Å². The SMILES string of the molecule is c1ccc(-c2cc(-c3c(-c4ccccc4)nc(-c4ccccc4)nc3-c3ccccc3)c3c(c2)oc2c(-c4cccc(-n5c6ccccc6c6ccccc65)c4)cccc23)cc1. The number of rotatable bonds is 7. The maximum Gasteiger partial charge on any atom is 0.160 e. The van der Waals surface area contributed by atoms with Gasteiger partial charge in [-0.1, -0.05) is 188 Å². The Kier molecular flexibility index (Phi) is 8.46. The fourth-order valence-corrected chi connectivity index (χ4v) is 9.20. The van der Waals surface area contributed by atoms with Gasteiger partial charge in [-0.3, -0.25) is 0 Å². The van der Waals surface area contributed by atoms with E-state index in [0.717, 1.165) is 89.1 Å². The van der Waals surface area contributed by atoms with Crippen LogP contribution in [0.5, 0.6) is 0 Å². The van der Waals surface area contributed by atoms with Crippen molar-refractivity contribution in [1.29, 1.82) is 0 Å². The fraction of sp³-hybridized carbons (Fsp3) is 0. The lowest BCUT2D eigenvalue weighted by Gasteiger charge is -2.18. The second-order valence-corrected chi connectivity index (χ2v) is 15.7. The Morgan fingerprint density at radius 2 is 0.855 bits per heavy atom. The predicted molar refractivity (Wildman–Crippen MR) is 256 cm³/mol. The molecule has 62 heavy (non-hydrogen) atoms. The molecule has 0 atom stereocenters. The highest BCUT2D eigenvalue weighted by Gasteiger charge is 2.26. The summed E-state index contributed by atoms with van der Waals surface area (Å²) in [6.07, 6.45) is 0. The monoisotopic (exact) mass is 791 g/mol. The molecule has 4 nitrogen and oxygen atoms in total. The van der Waals surface area contributed by atoms with Crippen LogP contribution in [-0.2, 0) is 0 Å². The minimum Gasteiger partial charge on any atom is -0.455 e. The molecular formula is C58H37N3O. The molecule has 0 bridgehead atoms. The second-order valence-electron chi connectivity index (χ2n) is 15.7. The van der Waals surface area contributed by atoms with Crippen molar-refractivity contribution in [3.8, 4) is 73.0 Å². The molecule has 0 spiro atoms. The molecule has 3 heterocycles. The smallest absolute Gasteiger partial charge is 0.160 e. The summed E-state index contributed by atoms with van der Waals surface area (Å²) in [6, 6.07) is 78.9. The molecule has 0 N–H and O–H groups in total. The van der Waals surface area contributed by atoms with E-state index in [4.69, 9.17) is 14.4 Å². The molecule has 0 saturated heterocycles. The van der Waals surface area contributed by atoms with Crippen molar-refractivity contribution in [3.05, 3.63) is 224 Å². The van der Waals surface area contributed by atoms with Crippen LogP contribution in [0.1, 0.15) is 0 Å². The van der Waals surface area contributed by atoms with Gasteiger partial charge in [-0.05, 0) is 58.7 Å². The van der Waals surface area contributed by atoms with Gasteiger partial charge in [0, 0.05) is 55.0 Å². The number of benzene rings is 9. The van der Waals surface area contributed by atoms with Crippen molar-refractivity contribution in [2.75, 3.05) is 0 Å². The standard InChI is InChI=1S/C58H37N3O/c1-5-19-38(20-6-1)43-36-49(54-55(39-21-7-2-8-22-39)59-58(41-25-11-4-12-26-41)60-56(54)40-23-9-3-10-24-40)53-48-32-18-31-45(57(48)62-52(53)37-43)42-27-17-28-44(35-42)61-50-33-15-13-29-46(50)47-30-14-16-34-51(47)61/h1-37H. The zero-order valence-corrected chi connectivity index (χ0v) is 33.6. The van der Waals surface area contributed by atoms with Crippen molar-refractivity contribution < 1.29 is 4.42 Å². The molecule has 9 aromatic carbocycles. The summed E-state index contributed by atoms with van der Waals surface area (Å²) < 4.78 is 9.54. The van der Waals surface area contributed by atoms with Gasteiger partial charge >= 0.3 is 0 Å². The molecule has 12 aromatic rings. The fourth-order valence-electron chi connectivity index (χ4n) is 9.20. The number of hydrogen-bond donors (Lipinski definition) is 0. The lowest BCUT2D eigenvalue weighted by Crippen LogP contribution is -2.01. The highest BCUT2D eigenvalue weighted by Crippen LogP contribution is 2.48. The number of aromatic nitrogens is 3. The number of nitrogens with zero attached hydrogens (tertiary/aromatic N) is 3. The number of hydrogen-bond acceptors (Lipinski definition) is 3. The first-order chi connectivity index (χ1) is 30.8. The Morgan fingerprint density at radius 1 is 0.355 bits per heavy atom. The summed E-state index contributed by atoms with van der Waals surface area (Å²) >= 11 is 0. The molecule has 0 unspecified atom stereocenters. The van der Waals surface area contributed by atoms with Crippen LogP contribution in [-0.4, -0.2) is 14.5 Å². The molecule has 12 rings (SSSR count). The quantitative estimate of drug-likeness (QED) is 0.161. The van der Waals surface area contributed by atoms with Crippen LogP contribution >= 0.6 is 0 Å². The maximum absolute atomic E-state index is 7.17. The summed E-state index contributed by atoms with van der Waals surface area (Å²) in [6.45, 7) is 0. The van der Waals surface area contributed by atoms with E-state index in [9.17, 15) is 0 Å². The Bertz CT molecular complexity index is 3500. The summed E-state index contributed by atoms with van der Waals surface area (Å²) in [4.78, 5) is 10.9. The molecule has 0 aliphatic carbocycles. The van der Waals surface area contributed by atoms with E-state index in [1.54, 1.807) is 0 Å². The van der Waals surface area contributed by atoms with Crippen LogP contribution in [0.2, 0.25) is 0 Å². The average molecular weight is 792 g/mol. The predicted octanol–water partition coefficient (Wildman–Crippen LogP) is 15.5. The Hall–Kier alpha value is -8.34.